The number of esters is 1. The number of hydrogen-bond acceptors (Lipinski definition) is 8. The summed E-state index contributed by atoms with van der Waals surface area (Å²) in [6.07, 6.45) is 1.20. The topological polar surface area (TPSA) is 124 Å². The Morgan fingerprint density at radius 2 is 1.86 bits per heavy atom. The van der Waals surface area contributed by atoms with Gasteiger partial charge in [0.1, 0.15) is 13.2 Å². The Labute approximate surface area is 207 Å². The number of benzene rings is 2. The van der Waals surface area contributed by atoms with E-state index in [0.717, 1.165) is 6.42 Å². The molecule has 0 radical (unpaired) electrons. The zero-order chi connectivity index (χ0) is 25.3. The molecule has 1 N–H and O–H groups in total. The third kappa shape index (κ3) is 4.69. The normalized spacial score (nSPS) is 17.4. The lowest BCUT2D eigenvalue weighted by molar-refractivity contribution is 0.0596. The molecule has 36 heavy (non-hydrogen) atoms. The number of aromatic nitrogens is 1. The van der Waals surface area contributed by atoms with Gasteiger partial charge in [-0.2, -0.15) is 4.31 Å². The lowest BCUT2D eigenvalue weighted by Gasteiger charge is -2.25. The smallest absolute Gasteiger partial charge is 0.339 e. The molecule has 2 aliphatic rings. The molecule has 3 aromatic rings. The molecule has 0 bridgehead atoms. The molecule has 5 rings (SSSR count). The number of hydrogen-bond donors (Lipinski definition) is 1. The van der Waals surface area contributed by atoms with Gasteiger partial charge in [0, 0.05) is 36.7 Å². The average molecular weight is 515 g/mol. The summed E-state index contributed by atoms with van der Waals surface area (Å²) in [7, 11) is -3.01. The van der Waals surface area contributed by atoms with Crippen LogP contribution in [0, 0.1) is 0 Å². The van der Waals surface area contributed by atoms with Gasteiger partial charge in [-0.15, -0.1) is 0 Å². The molecule has 3 heterocycles. The number of nitrogens with zero attached hydrogens (tertiary/aromatic N) is 1. The number of rotatable bonds is 7. The summed E-state index contributed by atoms with van der Waals surface area (Å²) >= 11 is 0. The van der Waals surface area contributed by atoms with E-state index in [9.17, 15) is 18.0 Å². The Morgan fingerprint density at radius 1 is 1.11 bits per heavy atom. The number of carbonyl (C=O) groups excluding carboxylic acids is 1. The number of aromatic amines is 1. The second-order valence-corrected chi connectivity index (χ2v) is 10.5. The lowest BCUT2D eigenvalue weighted by Crippen LogP contribution is -2.39. The molecule has 190 valence electrons. The van der Waals surface area contributed by atoms with Crippen molar-refractivity contribution in [3.05, 3.63) is 63.9 Å². The van der Waals surface area contributed by atoms with Crippen molar-refractivity contribution < 1.29 is 32.2 Å². The third-order valence-corrected chi connectivity index (χ3v) is 8.14. The quantitative estimate of drug-likeness (QED) is 0.477. The first-order chi connectivity index (χ1) is 17.4. The van der Waals surface area contributed by atoms with Gasteiger partial charge in [-0.3, -0.25) is 4.79 Å². The maximum Gasteiger partial charge on any atom is 0.339 e. The van der Waals surface area contributed by atoms with Crippen LogP contribution >= 0.6 is 0 Å². The minimum Gasteiger partial charge on any atom is -0.486 e. The van der Waals surface area contributed by atoms with Crippen molar-refractivity contribution in [3.63, 3.8) is 0 Å². The van der Waals surface area contributed by atoms with Gasteiger partial charge < -0.3 is 23.9 Å². The zero-order valence-corrected chi connectivity index (χ0v) is 20.5. The van der Waals surface area contributed by atoms with E-state index in [1.165, 1.54) is 29.6 Å². The van der Waals surface area contributed by atoms with Gasteiger partial charge in [-0.1, -0.05) is 12.1 Å². The zero-order valence-electron chi connectivity index (χ0n) is 19.7. The van der Waals surface area contributed by atoms with Crippen molar-refractivity contribution in [1.82, 2.24) is 9.29 Å². The van der Waals surface area contributed by atoms with Crippen LogP contribution in [-0.2, 0) is 26.0 Å². The number of methoxy groups -OCH3 is 1. The highest BCUT2D eigenvalue weighted by molar-refractivity contribution is 7.89. The number of ether oxygens (including phenoxy) is 4. The Kier molecular flexibility index (Phi) is 6.69. The summed E-state index contributed by atoms with van der Waals surface area (Å²) < 4.78 is 50.6. The van der Waals surface area contributed by atoms with E-state index in [1.807, 2.05) is 0 Å². The van der Waals surface area contributed by atoms with Crippen LogP contribution < -0.4 is 15.0 Å². The van der Waals surface area contributed by atoms with Crippen molar-refractivity contribution in [3.8, 4) is 11.5 Å². The molecular formula is C25H26N2O8S. The predicted octanol–water partition coefficient (Wildman–Crippen LogP) is 2.46. The summed E-state index contributed by atoms with van der Waals surface area (Å²) in [5.74, 6) is 0.337. The average Bonchev–Trinajstić information content (AvgIpc) is 3.40. The number of fused-ring (bicyclic) bond motifs is 2. The molecule has 10 nitrogen and oxygen atoms in total. The lowest BCUT2D eigenvalue weighted by atomic mass is 10.1. The SMILES string of the molecule is COC(=O)c1ccccc1S(=O)(=O)N(Cc1cc2cc3c(cc2[nH]c1=O)OCCO3)C[C@@H]1CCCO1. The van der Waals surface area contributed by atoms with Gasteiger partial charge in [0.05, 0.1) is 29.2 Å². The minimum atomic E-state index is -4.20. The van der Waals surface area contributed by atoms with Gasteiger partial charge in [0.2, 0.25) is 10.0 Å². The van der Waals surface area contributed by atoms with E-state index >= 15 is 0 Å². The third-order valence-electron chi connectivity index (χ3n) is 6.27. The fraction of sp³-hybridized carbons (Fsp3) is 0.360. The molecule has 1 saturated heterocycles. The van der Waals surface area contributed by atoms with Gasteiger partial charge in [-0.25, -0.2) is 13.2 Å². The van der Waals surface area contributed by atoms with E-state index in [0.29, 0.717) is 48.6 Å². The highest BCUT2D eigenvalue weighted by Crippen LogP contribution is 2.34. The molecule has 1 aromatic heterocycles. The van der Waals surface area contributed by atoms with Crippen LogP contribution in [0.2, 0.25) is 0 Å². The fourth-order valence-electron chi connectivity index (χ4n) is 4.47. The minimum absolute atomic E-state index is 0.0382. The number of H-pyrrole nitrogens is 1. The summed E-state index contributed by atoms with van der Waals surface area (Å²) in [5.41, 5.74) is 0.301. The number of carbonyl (C=O) groups is 1. The van der Waals surface area contributed by atoms with E-state index in [-0.39, 0.29) is 35.2 Å². The van der Waals surface area contributed by atoms with Crippen molar-refractivity contribution in [1.29, 1.82) is 0 Å². The van der Waals surface area contributed by atoms with Crippen LogP contribution in [0.4, 0.5) is 0 Å². The van der Waals surface area contributed by atoms with Crippen molar-refractivity contribution >= 4 is 26.9 Å². The molecule has 1 fully saturated rings. The maximum atomic E-state index is 13.8. The first-order valence-corrected chi connectivity index (χ1v) is 13.1. The highest BCUT2D eigenvalue weighted by Gasteiger charge is 2.33. The van der Waals surface area contributed by atoms with Gasteiger partial charge in [0.25, 0.3) is 5.56 Å². The first-order valence-electron chi connectivity index (χ1n) is 11.6. The van der Waals surface area contributed by atoms with Crippen molar-refractivity contribution in [2.75, 3.05) is 33.5 Å². The standard InChI is InChI=1S/C25H26N2O8S/c1-32-25(29)19-6-2-3-7-23(19)36(30,31)27(15-18-5-4-8-33-18)14-17-11-16-12-21-22(35-10-9-34-21)13-20(16)26-24(17)28/h2-3,6-7,11-13,18H,4-5,8-10,14-15H2,1H3,(H,26,28)/t18-/m0/s1. The second-order valence-electron chi connectivity index (χ2n) is 8.63. The predicted molar refractivity (Wildman–Crippen MR) is 130 cm³/mol. The molecule has 0 saturated carbocycles. The van der Waals surface area contributed by atoms with Crippen LogP contribution in [-0.4, -0.2) is 63.3 Å². The van der Waals surface area contributed by atoms with E-state index < -0.39 is 21.6 Å². The molecule has 0 aliphatic carbocycles. The van der Waals surface area contributed by atoms with Gasteiger partial charge >= 0.3 is 5.97 Å². The fourth-order valence-corrected chi connectivity index (χ4v) is 6.10. The Balaban J connectivity index is 1.55. The Hall–Kier alpha value is -3.41. The Bertz CT molecular complexity index is 1460. The molecular weight excluding hydrogens is 488 g/mol. The van der Waals surface area contributed by atoms with Crippen LogP contribution in [0.5, 0.6) is 11.5 Å². The number of nitrogens with one attached hydrogen (secondary N) is 1. The van der Waals surface area contributed by atoms with Crippen LogP contribution in [0.15, 0.2) is 52.2 Å². The number of pyridine rings is 1. The summed E-state index contributed by atoms with van der Waals surface area (Å²) in [6, 6.07) is 11.0. The molecule has 0 amide bonds. The highest BCUT2D eigenvalue weighted by atomic mass is 32.2. The first kappa shape index (κ1) is 24.3. The second kappa shape index (κ2) is 9.92. The Morgan fingerprint density at radius 3 is 2.58 bits per heavy atom. The van der Waals surface area contributed by atoms with Crippen LogP contribution in [0.1, 0.15) is 28.8 Å². The molecule has 0 unspecified atom stereocenters. The molecule has 1 atom stereocenters. The van der Waals surface area contributed by atoms with Gasteiger partial charge in [-0.05, 0) is 37.1 Å². The van der Waals surface area contributed by atoms with E-state index in [2.05, 4.69) is 4.98 Å². The van der Waals surface area contributed by atoms with Crippen LogP contribution in [0.25, 0.3) is 10.9 Å². The molecule has 0 spiro atoms. The molecule has 11 heteroatoms. The monoisotopic (exact) mass is 514 g/mol. The van der Waals surface area contributed by atoms with Crippen molar-refractivity contribution in [2.24, 2.45) is 0 Å². The summed E-state index contributed by atoms with van der Waals surface area (Å²) in [5, 5.41) is 0.679. The number of sulfonamides is 1. The largest absolute Gasteiger partial charge is 0.486 e. The van der Waals surface area contributed by atoms with Gasteiger partial charge in [0.15, 0.2) is 11.5 Å². The van der Waals surface area contributed by atoms with E-state index in [4.69, 9.17) is 18.9 Å². The van der Waals surface area contributed by atoms with Crippen LogP contribution in [0.3, 0.4) is 0 Å². The molecule has 2 aromatic carbocycles. The molecule has 2 aliphatic heterocycles. The van der Waals surface area contributed by atoms with E-state index in [1.54, 1.807) is 24.3 Å². The van der Waals surface area contributed by atoms with Crippen molar-refractivity contribution in [2.45, 2.75) is 30.4 Å². The maximum absolute atomic E-state index is 13.8. The summed E-state index contributed by atoms with van der Waals surface area (Å²) in [6.45, 7) is 1.21. The summed E-state index contributed by atoms with van der Waals surface area (Å²) in [4.78, 5) is 28.0.